The van der Waals surface area contributed by atoms with E-state index >= 15 is 0 Å². The van der Waals surface area contributed by atoms with E-state index in [2.05, 4.69) is 53.1 Å². The van der Waals surface area contributed by atoms with Gasteiger partial charge in [0.15, 0.2) is 0 Å². The fourth-order valence-corrected chi connectivity index (χ4v) is 6.03. The zero-order valence-electron chi connectivity index (χ0n) is 10.8. The normalized spacial score (nSPS) is 28.7. The molecule has 17 heavy (non-hydrogen) atoms. The fraction of sp³-hybridized carbons (Fsp3) is 0.769. The average Bonchev–Trinajstić information content (AvgIpc) is 2.91. The summed E-state index contributed by atoms with van der Waals surface area (Å²) in [6.45, 7) is 5.74. The van der Waals surface area contributed by atoms with E-state index in [1.54, 1.807) is 0 Å². The first-order valence-electron chi connectivity index (χ1n) is 6.51. The number of rotatable bonds is 6. The molecule has 1 fully saturated rings. The number of unbranched alkanes of at least 4 members (excludes halogenated alkanes) is 2. The minimum atomic E-state index is 0.398. The van der Waals surface area contributed by atoms with E-state index < -0.39 is 0 Å². The average molecular weight is 270 g/mol. The van der Waals surface area contributed by atoms with Gasteiger partial charge in [-0.25, -0.2) is 4.98 Å². The van der Waals surface area contributed by atoms with Crippen LogP contribution >= 0.6 is 23.5 Å². The lowest BCUT2D eigenvalue weighted by molar-refractivity contribution is 0.554. The summed E-state index contributed by atoms with van der Waals surface area (Å²) in [5.41, 5.74) is 0. The molecular formula is C13H22N2S2. The van der Waals surface area contributed by atoms with Crippen molar-refractivity contribution in [2.45, 2.75) is 55.4 Å². The highest BCUT2D eigenvalue weighted by Crippen LogP contribution is 2.51. The van der Waals surface area contributed by atoms with E-state index in [-0.39, 0.29) is 0 Å². The molecule has 2 rings (SSSR count). The molecule has 2 heterocycles. The molecule has 2 nitrogen and oxygen atoms in total. The first-order chi connectivity index (χ1) is 8.24. The van der Waals surface area contributed by atoms with Gasteiger partial charge in [0.1, 0.15) is 0 Å². The second-order valence-electron chi connectivity index (χ2n) is 4.84. The molecule has 1 aromatic heterocycles. The summed E-state index contributed by atoms with van der Waals surface area (Å²) in [6, 6.07) is 0. The van der Waals surface area contributed by atoms with E-state index in [1.807, 2.05) is 12.5 Å². The quantitative estimate of drug-likeness (QED) is 0.727. The van der Waals surface area contributed by atoms with Crippen LogP contribution in [0, 0.1) is 0 Å². The molecule has 1 aliphatic heterocycles. The van der Waals surface area contributed by atoms with E-state index in [0.717, 1.165) is 11.8 Å². The SMILES string of the molecule is CCCCCC1(Cn2ccnc2)SCC(C)S1. The number of hydrogen-bond acceptors (Lipinski definition) is 3. The number of imidazole rings is 1. The molecule has 0 aliphatic carbocycles. The van der Waals surface area contributed by atoms with Crippen molar-refractivity contribution < 1.29 is 0 Å². The zero-order chi connectivity index (χ0) is 12.1. The second kappa shape index (κ2) is 6.19. The highest BCUT2D eigenvalue weighted by molar-refractivity contribution is 8.21. The maximum Gasteiger partial charge on any atom is 0.0946 e. The van der Waals surface area contributed by atoms with Gasteiger partial charge >= 0.3 is 0 Å². The smallest absolute Gasteiger partial charge is 0.0946 e. The molecule has 4 heteroatoms. The summed E-state index contributed by atoms with van der Waals surface area (Å²) in [6.07, 6.45) is 11.3. The predicted octanol–water partition coefficient (Wildman–Crippen LogP) is 4.03. The Labute approximate surface area is 113 Å². The van der Waals surface area contributed by atoms with Crippen molar-refractivity contribution in [2.75, 3.05) is 5.75 Å². The van der Waals surface area contributed by atoms with Crippen molar-refractivity contribution in [1.29, 1.82) is 0 Å². The van der Waals surface area contributed by atoms with Crippen LogP contribution in [0.1, 0.15) is 39.5 Å². The van der Waals surface area contributed by atoms with Gasteiger partial charge in [-0.1, -0.05) is 33.1 Å². The number of aromatic nitrogens is 2. The van der Waals surface area contributed by atoms with E-state index in [0.29, 0.717) is 4.08 Å². The van der Waals surface area contributed by atoms with Crippen LogP contribution < -0.4 is 0 Å². The lowest BCUT2D eigenvalue weighted by atomic mass is 10.1. The van der Waals surface area contributed by atoms with Gasteiger partial charge in [0.2, 0.25) is 0 Å². The van der Waals surface area contributed by atoms with Crippen LogP contribution in [0.2, 0.25) is 0 Å². The third-order valence-corrected chi connectivity index (χ3v) is 6.85. The molecule has 0 bridgehead atoms. The highest BCUT2D eigenvalue weighted by Gasteiger charge is 2.38. The maximum absolute atomic E-state index is 4.16. The predicted molar refractivity (Wildman–Crippen MR) is 78.6 cm³/mol. The van der Waals surface area contributed by atoms with E-state index in [9.17, 15) is 0 Å². The van der Waals surface area contributed by atoms with Gasteiger partial charge in [0, 0.05) is 29.9 Å². The molecule has 1 aliphatic rings. The van der Waals surface area contributed by atoms with Crippen molar-refractivity contribution in [2.24, 2.45) is 0 Å². The number of hydrogen-bond donors (Lipinski definition) is 0. The van der Waals surface area contributed by atoms with Gasteiger partial charge < -0.3 is 4.57 Å². The van der Waals surface area contributed by atoms with Crippen LogP contribution in [0.3, 0.4) is 0 Å². The van der Waals surface area contributed by atoms with Gasteiger partial charge in [-0.2, -0.15) is 0 Å². The highest BCUT2D eigenvalue weighted by atomic mass is 32.2. The summed E-state index contributed by atoms with van der Waals surface area (Å²) < 4.78 is 2.64. The van der Waals surface area contributed by atoms with E-state index in [1.165, 1.54) is 31.4 Å². The monoisotopic (exact) mass is 270 g/mol. The van der Waals surface area contributed by atoms with Crippen LogP contribution in [0.15, 0.2) is 18.7 Å². The third kappa shape index (κ3) is 3.68. The molecular weight excluding hydrogens is 248 g/mol. The Hall–Kier alpha value is -0.0900. The fourth-order valence-electron chi connectivity index (χ4n) is 2.30. The molecule has 2 unspecified atom stereocenters. The van der Waals surface area contributed by atoms with E-state index in [4.69, 9.17) is 0 Å². The Bertz CT molecular complexity index is 326. The largest absolute Gasteiger partial charge is 0.335 e. The van der Waals surface area contributed by atoms with Gasteiger partial charge in [0.05, 0.1) is 10.4 Å². The zero-order valence-corrected chi connectivity index (χ0v) is 12.4. The van der Waals surface area contributed by atoms with Crippen LogP contribution in [-0.2, 0) is 6.54 Å². The Morgan fingerprint density at radius 3 is 2.94 bits per heavy atom. The van der Waals surface area contributed by atoms with Gasteiger partial charge in [-0.05, 0) is 6.42 Å². The first kappa shape index (κ1) is 13.3. The van der Waals surface area contributed by atoms with Crippen molar-refractivity contribution >= 4 is 23.5 Å². The molecule has 0 saturated carbocycles. The molecule has 1 saturated heterocycles. The summed E-state index contributed by atoms with van der Waals surface area (Å²) in [4.78, 5) is 4.16. The molecule has 0 aromatic carbocycles. The Balaban J connectivity index is 1.97. The van der Waals surface area contributed by atoms with Crippen LogP contribution in [0.5, 0.6) is 0 Å². The van der Waals surface area contributed by atoms with Gasteiger partial charge in [0.25, 0.3) is 0 Å². The molecule has 0 radical (unpaired) electrons. The lowest BCUT2D eigenvalue weighted by Gasteiger charge is -2.28. The summed E-state index contributed by atoms with van der Waals surface area (Å²) in [5.74, 6) is 1.30. The van der Waals surface area contributed by atoms with Gasteiger partial charge in [-0.3, -0.25) is 0 Å². The number of thioether (sulfide) groups is 2. The Morgan fingerprint density at radius 1 is 1.47 bits per heavy atom. The second-order valence-corrected chi connectivity index (χ2v) is 8.33. The third-order valence-electron chi connectivity index (χ3n) is 3.14. The molecule has 0 amide bonds. The van der Waals surface area contributed by atoms with Gasteiger partial charge in [-0.15, -0.1) is 23.5 Å². The molecule has 0 spiro atoms. The van der Waals surface area contributed by atoms with Crippen LogP contribution in [0.4, 0.5) is 0 Å². The number of nitrogens with zero attached hydrogens (tertiary/aromatic N) is 2. The van der Waals surface area contributed by atoms with Crippen molar-refractivity contribution in [3.8, 4) is 0 Å². The maximum atomic E-state index is 4.16. The Kier molecular flexibility index (Phi) is 4.86. The lowest BCUT2D eigenvalue weighted by Crippen LogP contribution is -2.24. The molecule has 1 aromatic rings. The minimum absolute atomic E-state index is 0.398. The molecule has 96 valence electrons. The van der Waals surface area contributed by atoms with Crippen molar-refractivity contribution in [3.05, 3.63) is 18.7 Å². The summed E-state index contributed by atoms with van der Waals surface area (Å²) in [5, 5.41) is 0.796. The first-order valence-corrected chi connectivity index (χ1v) is 8.38. The molecule has 0 N–H and O–H groups in total. The standard InChI is InChI=1S/C13H22N2S2/c1-3-4-5-6-13(16-9-12(2)17-13)10-15-8-7-14-11-15/h7-8,11-12H,3-6,9-10H2,1-2H3. The summed E-state index contributed by atoms with van der Waals surface area (Å²) in [7, 11) is 0. The van der Waals surface area contributed by atoms with Crippen molar-refractivity contribution in [3.63, 3.8) is 0 Å². The van der Waals surface area contributed by atoms with Crippen molar-refractivity contribution in [1.82, 2.24) is 9.55 Å². The molecule has 2 atom stereocenters. The minimum Gasteiger partial charge on any atom is -0.335 e. The van der Waals surface area contributed by atoms with Crippen LogP contribution in [-0.4, -0.2) is 24.6 Å². The van der Waals surface area contributed by atoms with Crippen LogP contribution in [0.25, 0.3) is 0 Å². The summed E-state index contributed by atoms with van der Waals surface area (Å²) >= 11 is 4.34. The Morgan fingerprint density at radius 2 is 2.35 bits per heavy atom. The topological polar surface area (TPSA) is 17.8 Å².